The second-order valence-electron chi connectivity index (χ2n) is 5.63. The Hall–Kier alpha value is -2.14. The highest BCUT2D eigenvalue weighted by atomic mass is 32.1. The third-order valence-electron chi connectivity index (χ3n) is 4.03. The Morgan fingerprint density at radius 3 is 2.70 bits per heavy atom. The summed E-state index contributed by atoms with van der Waals surface area (Å²) in [6, 6.07) is 8.21. The van der Waals surface area contributed by atoms with Crippen molar-refractivity contribution >= 4 is 33.8 Å². The van der Waals surface area contributed by atoms with E-state index in [-0.39, 0.29) is 5.91 Å². The minimum atomic E-state index is -0.0781. The molecular weight excluding hydrogens is 306 g/mol. The molecule has 0 bridgehead atoms. The summed E-state index contributed by atoms with van der Waals surface area (Å²) in [6.45, 7) is 9.13. The molecule has 3 rings (SSSR count). The molecule has 0 aliphatic rings. The monoisotopic (exact) mass is 327 g/mol. The Morgan fingerprint density at radius 1 is 1.26 bits per heavy atom. The van der Waals surface area contributed by atoms with E-state index in [2.05, 4.69) is 47.8 Å². The number of nitrogens with zero attached hydrogens (tertiary/aromatic N) is 2. The summed E-state index contributed by atoms with van der Waals surface area (Å²) in [5.74, 6) is -0.0781. The minimum Gasteiger partial charge on any atom is -0.345 e. The predicted molar refractivity (Wildman–Crippen MR) is 96.5 cm³/mol. The van der Waals surface area contributed by atoms with Crippen molar-refractivity contribution in [2.45, 2.75) is 40.7 Å². The van der Waals surface area contributed by atoms with Crippen molar-refractivity contribution in [1.29, 1.82) is 0 Å². The van der Waals surface area contributed by atoms with Crippen molar-refractivity contribution in [3.8, 4) is 0 Å². The van der Waals surface area contributed by atoms with Crippen LogP contribution in [0.25, 0.3) is 10.9 Å². The van der Waals surface area contributed by atoms with Crippen LogP contribution in [0.1, 0.15) is 39.9 Å². The van der Waals surface area contributed by atoms with E-state index in [1.807, 2.05) is 19.1 Å². The molecule has 120 valence electrons. The zero-order valence-electron chi connectivity index (χ0n) is 13.9. The van der Waals surface area contributed by atoms with Gasteiger partial charge < -0.3 is 9.88 Å². The quantitative estimate of drug-likeness (QED) is 0.764. The van der Waals surface area contributed by atoms with Gasteiger partial charge in [0.05, 0.1) is 10.7 Å². The number of fused-ring (bicyclic) bond motifs is 1. The lowest BCUT2D eigenvalue weighted by atomic mass is 10.2. The van der Waals surface area contributed by atoms with Crippen molar-refractivity contribution in [2.24, 2.45) is 0 Å². The topological polar surface area (TPSA) is 46.9 Å². The molecule has 5 heteroatoms. The van der Waals surface area contributed by atoms with Crippen LogP contribution in [-0.2, 0) is 13.0 Å². The summed E-state index contributed by atoms with van der Waals surface area (Å²) in [5, 5.41) is 5.15. The summed E-state index contributed by atoms with van der Waals surface area (Å²) >= 11 is 1.47. The molecule has 0 unspecified atom stereocenters. The fourth-order valence-corrected chi connectivity index (χ4v) is 3.81. The number of hydrogen-bond acceptors (Lipinski definition) is 3. The minimum absolute atomic E-state index is 0.0781. The first-order chi connectivity index (χ1) is 11.0. The number of hydrogen-bond donors (Lipinski definition) is 1. The maximum Gasteiger partial charge on any atom is 0.267 e. The van der Waals surface area contributed by atoms with Crippen LogP contribution in [0.15, 0.2) is 24.3 Å². The average molecular weight is 327 g/mol. The molecule has 0 saturated carbocycles. The van der Waals surface area contributed by atoms with Gasteiger partial charge in [-0.15, -0.1) is 11.3 Å². The second-order valence-corrected chi connectivity index (χ2v) is 6.72. The number of aromatic nitrogens is 2. The molecule has 2 heterocycles. The molecule has 0 atom stereocenters. The van der Waals surface area contributed by atoms with Gasteiger partial charge in [-0.25, -0.2) is 4.98 Å². The molecule has 0 aliphatic heterocycles. The lowest BCUT2D eigenvalue weighted by Gasteiger charge is -2.06. The number of aryl methyl sites for hydroxylation is 4. The van der Waals surface area contributed by atoms with Crippen LogP contribution >= 0.6 is 11.3 Å². The number of rotatable bonds is 4. The SMILES string of the molecule is CCc1nc(C)c(C(=O)Nc2ccc3c(c2)cc(C)n3CC)s1. The van der Waals surface area contributed by atoms with Crippen LogP contribution in [0, 0.1) is 13.8 Å². The van der Waals surface area contributed by atoms with Gasteiger partial charge in [0.15, 0.2) is 0 Å². The Bertz CT molecular complexity index is 876. The van der Waals surface area contributed by atoms with Gasteiger partial charge >= 0.3 is 0 Å². The Kier molecular flexibility index (Phi) is 4.22. The zero-order chi connectivity index (χ0) is 16.6. The fraction of sp³-hybridized carbons (Fsp3) is 0.333. The molecule has 0 radical (unpaired) electrons. The van der Waals surface area contributed by atoms with Gasteiger partial charge in [-0.2, -0.15) is 0 Å². The zero-order valence-corrected chi connectivity index (χ0v) is 14.8. The summed E-state index contributed by atoms with van der Waals surface area (Å²) in [7, 11) is 0. The number of benzene rings is 1. The van der Waals surface area contributed by atoms with E-state index in [1.165, 1.54) is 22.5 Å². The third kappa shape index (κ3) is 2.88. The summed E-state index contributed by atoms with van der Waals surface area (Å²) in [6.07, 6.45) is 0.856. The predicted octanol–water partition coefficient (Wildman–Crippen LogP) is 4.55. The standard InChI is InChI=1S/C18H21N3OS/c1-5-16-19-12(4)17(23-16)18(22)20-14-7-8-15-13(10-14)9-11(3)21(15)6-2/h7-10H,5-6H2,1-4H3,(H,20,22). The number of nitrogens with one attached hydrogen (secondary N) is 1. The number of anilines is 1. The van der Waals surface area contributed by atoms with Gasteiger partial charge in [0.25, 0.3) is 5.91 Å². The van der Waals surface area contributed by atoms with Crippen LogP contribution in [-0.4, -0.2) is 15.5 Å². The number of carbonyl (C=O) groups excluding carboxylic acids is 1. The van der Waals surface area contributed by atoms with Gasteiger partial charge in [-0.05, 0) is 51.5 Å². The smallest absolute Gasteiger partial charge is 0.267 e. The van der Waals surface area contributed by atoms with E-state index < -0.39 is 0 Å². The maximum absolute atomic E-state index is 12.5. The molecule has 1 amide bonds. The second kappa shape index (κ2) is 6.16. The molecule has 1 N–H and O–H groups in total. The van der Waals surface area contributed by atoms with Crippen LogP contribution in [0.3, 0.4) is 0 Å². The highest BCUT2D eigenvalue weighted by Crippen LogP contribution is 2.25. The lowest BCUT2D eigenvalue weighted by molar-refractivity contribution is 0.103. The van der Waals surface area contributed by atoms with E-state index in [0.717, 1.165) is 34.7 Å². The molecule has 0 saturated heterocycles. The van der Waals surface area contributed by atoms with E-state index in [0.29, 0.717) is 4.88 Å². The average Bonchev–Trinajstić information content (AvgIpc) is 3.05. The number of thiazole rings is 1. The Labute approximate surface area is 140 Å². The Morgan fingerprint density at radius 2 is 2.04 bits per heavy atom. The lowest BCUT2D eigenvalue weighted by Crippen LogP contribution is -2.11. The Balaban J connectivity index is 1.89. The summed E-state index contributed by atoms with van der Waals surface area (Å²) < 4.78 is 2.27. The van der Waals surface area contributed by atoms with E-state index >= 15 is 0 Å². The molecule has 0 aliphatic carbocycles. The summed E-state index contributed by atoms with van der Waals surface area (Å²) in [4.78, 5) is 17.6. The van der Waals surface area contributed by atoms with Gasteiger partial charge in [0, 0.05) is 28.8 Å². The van der Waals surface area contributed by atoms with E-state index in [1.54, 1.807) is 0 Å². The van der Waals surface area contributed by atoms with Gasteiger partial charge in [-0.1, -0.05) is 6.92 Å². The fourth-order valence-electron chi connectivity index (χ4n) is 2.91. The van der Waals surface area contributed by atoms with Crippen LogP contribution in [0.2, 0.25) is 0 Å². The first-order valence-corrected chi connectivity index (χ1v) is 8.72. The first kappa shape index (κ1) is 15.7. The van der Waals surface area contributed by atoms with Crippen LogP contribution in [0.4, 0.5) is 5.69 Å². The molecular formula is C18H21N3OS. The van der Waals surface area contributed by atoms with Crippen molar-refractivity contribution in [2.75, 3.05) is 5.32 Å². The first-order valence-electron chi connectivity index (χ1n) is 7.91. The molecule has 23 heavy (non-hydrogen) atoms. The molecule has 3 aromatic rings. The largest absolute Gasteiger partial charge is 0.345 e. The van der Waals surface area contributed by atoms with Crippen molar-refractivity contribution < 1.29 is 4.79 Å². The summed E-state index contributed by atoms with van der Waals surface area (Å²) in [5.41, 5.74) is 4.06. The van der Waals surface area contributed by atoms with Crippen molar-refractivity contribution in [1.82, 2.24) is 9.55 Å². The maximum atomic E-state index is 12.5. The molecule has 0 spiro atoms. The van der Waals surface area contributed by atoms with Crippen molar-refractivity contribution in [3.63, 3.8) is 0 Å². The van der Waals surface area contributed by atoms with Crippen molar-refractivity contribution in [3.05, 3.63) is 45.5 Å². The highest BCUT2D eigenvalue weighted by Gasteiger charge is 2.15. The highest BCUT2D eigenvalue weighted by molar-refractivity contribution is 7.13. The van der Waals surface area contributed by atoms with Crippen LogP contribution < -0.4 is 5.32 Å². The van der Waals surface area contributed by atoms with E-state index in [4.69, 9.17) is 0 Å². The molecule has 4 nitrogen and oxygen atoms in total. The van der Waals surface area contributed by atoms with Gasteiger partial charge in [0.1, 0.15) is 4.88 Å². The normalized spacial score (nSPS) is 11.1. The third-order valence-corrected chi connectivity index (χ3v) is 5.33. The molecule has 2 aromatic heterocycles. The van der Waals surface area contributed by atoms with Gasteiger partial charge in [-0.3, -0.25) is 4.79 Å². The van der Waals surface area contributed by atoms with E-state index in [9.17, 15) is 4.79 Å². The number of carbonyl (C=O) groups is 1. The molecule has 1 aromatic carbocycles. The molecule has 0 fully saturated rings. The number of amides is 1. The van der Waals surface area contributed by atoms with Gasteiger partial charge in [0.2, 0.25) is 0 Å². The van der Waals surface area contributed by atoms with Crippen LogP contribution in [0.5, 0.6) is 0 Å².